The molecule has 6 heteroatoms. The molecule has 0 aromatic carbocycles. The molecular formula is C19H29NO4S. The van der Waals surface area contributed by atoms with Crippen LogP contribution in [0.15, 0.2) is 12.7 Å². The van der Waals surface area contributed by atoms with Gasteiger partial charge in [-0.2, -0.15) is 0 Å². The van der Waals surface area contributed by atoms with Crippen molar-refractivity contribution in [1.82, 2.24) is 4.31 Å². The summed E-state index contributed by atoms with van der Waals surface area (Å²) in [5.41, 5.74) is -0.153. The Balaban J connectivity index is 1.65. The lowest BCUT2D eigenvalue weighted by Crippen LogP contribution is -2.46. The molecule has 140 valence electrons. The number of carbonyl (C=O) groups is 1. The van der Waals surface area contributed by atoms with E-state index in [1.54, 1.807) is 13.0 Å². The largest absolute Gasteiger partial charge is 0.392 e. The van der Waals surface area contributed by atoms with Crippen molar-refractivity contribution in [3.05, 3.63) is 12.7 Å². The van der Waals surface area contributed by atoms with Crippen LogP contribution in [0.4, 0.5) is 0 Å². The van der Waals surface area contributed by atoms with Gasteiger partial charge in [0.25, 0.3) is 0 Å². The van der Waals surface area contributed by atoms with Crippen molar-refractivity contribution < 1.29 is 18.3 Å². The Morgan fingerprint density at radius 3 is 2.60 bits per heavy atom. The van der Waals surface area contributed by atoms with Crippen molar-refractivity contribution in [3.8, 4) is 0 Å². The van der Waals surface area contributed by atoms with Gasteiger partial charge in [0.05, 0.1) is 23.8 Å². The van der Waals surface area contributed by atoms with Gasteiger partial charge in [-0.1, -0.05) is 26.8 Å². The Morgan fingerprint density at radius 1 is 1.40 bits per heavy atom. The highest BCUT2D eigenvalue weighted by atomic mass is 32.2. The third-order valence-electron chi connectivity index (χ3n) is 8.47. The second-order valence-corrected chi connectivity index (χ2v) is 11.0. The van der Waals surface area contributed by atoms with Crippen LogP contribution >= 0.6 is 0 Å². The summed E-state index contributed by atoms with van der Waals surface area (Å²) in [5, 5.41) is 10.3. The van der Waals surface area contributed by atoms with E-state index in [0.29, 0.717) is 18.8 Å². The first-order valence-corrected chi connectivity index (χ1v) is 11.0. The third-order valence-corrected chi connectivity index (χ3v) is 10.3. The van der Waals surface area contributed by atoms with Crippen LogP contribution in [0, 0.1) is 28.1 Å². The molecule has 1 amide bonds. The zero-order valence-electron chi connectivity index (χ0n) is 15.4. The molecule has 3 aliphatic carbocycles. The fourth-order valence-electron chi connectivity index (χ4n) is 7.13. The molecule has 0 radical (unpaired) electrons. The predicted molar refractivity (Wildman–Crippen MR) is 95.0 cm³/mol. The molecule has 5 nitrogen and oxygen atoms in total. The first-order valence-electron chi connectivity index (χ1n) is 9.43. The van der Waals surface area contributed by atoms with Crippen LogP contribution < -0.4 is 0 Å². The molecule has 1 aliphatic heterocycles. The second kappa shape index (κ2) is 4.89. The molecule has 25 heavy (non-hydrogen) atoms. The van der Waals surface area contributed by atoms with E-state index >= 15 is 0 Å². The second-order valence-electron chi connectivity index (χ2n) is 9.17. The summed E-state index contributed by atoms with van der Waals surface area (Å²) in [6, 6.07) is -0.207. The van der Waals surface area contributed by atoms with Crippen molar-refractivity contribution in [1.29, 1.82) is 0 Å². The fraction of sp³-hybridized carbons (Fsp3) is 0.842. The van der Waals surface area contributed by atoms with E-state index < -0.39 is 28.0 Å². The fourth-order valence-corrected chi connectivity index (χ4v) is 9.75. The number of hydrogen-bond acceptors (Lipinski definition) is 4. The SMILES string of the molecule is C=CCC[C@@H](O)[C@@H](C)C(=O)N1[C@H]2CC3CCC34C(C)(C)[C@@]24CS1(=O)=O. The molecule has 4 rings (SSSR count). The summed E-state index contributed by atoms with van der Waals surface area (Å²) in [7, 11) is -3.61. The van der Waals surface area contributed by atoms with E-state index in [1.165, 1.54) is 4.31 Å². The van der Waals surface area contributed by atoms with Gasteiger partial charge >= 0.3 is 0 Å². The average Bonchev–Trinajstić information content (AvgIpc) is 2.71. The van der Waals surface area contributed by atoms with Crippen molar-refractivity contribution in [3.63, 3.8) is 0 Å². The minimum atomic E-state index is -3.61. The maximum Gasteiger partial charge on any atom is 0.241 e. The molecule has 1 heterocycles. The van der Waals surface area contributed by atoms with E-state index in [-0.39, 0.29) is 28.0 Å². The lowest BCUT2D eigenvalue weighted by molar-refractivity contribution is -0.135. The smallest absolute Gasteiger partial charge is 0.241 e. The van der Waals surface area contributed by atoms with Crippen LogP contribution in [0.2, 0.25) is 0 Å². The van der Waals surface area contributed by atoms with Crippen LogP contribution in [0.1, 0.15) is 52.9 Å². The van der Waals surface area contributed by atoms with Crippen molar-refractivity contribution in [2.75, 3.05) is 5.75 Å². The number of amides is 1. The lowest BCUT2D eigenvalue weighted by Gasteiger charge is -2.39. The molecule has 4 fully saturated rings. The maximum atomic E-state index is 13.1. The average molecular weight is 368 g/mol. The Morgan fingerprint density at radius 2 is 2.08 bits per heavy atom. The van der Waals surface area contributed by atoms with Crippen LogP contribution in [-0.2, 0) is 14.8 Å². The molecule has 6 atom stereocenters. The summed E-state index contributed by atoms with van der Waals surface area (Å²) in [4.78, 5) is 13.1. The van der Waals surface area contributed by atoms with E-state index in [0.717, 1.165) is 19.3 Å². The van der Waals surface area contributed by atoms with Gasteiger partial charge in [-0.25, -0.2) is 12.7 Å². The highest BCUT2D eigenvalue weighted by Crippen LogP contribution is 2.94. The topological polar surface area (TPSA) is 74.7 Å². The Kier molecular flexibility index (Phi) is 3.43. The molecule has 0 aromatic rings. The highest BCUT2D eigenvalue weighted by Gasteiger charge is 2.95. The first-order chi connectivity index (χ1) is 11.6. The van der Waals surface area contributed by atoms with Gasteiger partial charge in [0.2, 0.25) is 15.9 Å². The molecule has 0 bridgehead atoms. The quantitative estimate of drug-likeness (QED) is 0.757. The number of nitrogens with zero attached hydrogens (tertiary/aromatic N) is 1. The summed E-state index contributed by atoms with van der Waals surface area (Å²) in [5.74, 6) is -0.465. The van der Waals surface area contributed by atoms with Crippen LogP contribution in [0.25, 0.3) is 0 Å². The van der Waals surface area contributed by atoms with Crippen LogP contribution in [-0.4, -0.2) is 41.6 Å². The monoisotopic (exact) mass is 367 g/mol. The lowest BCUT2D eigenvalue weighted by atomic mass is 9.66. The highest BCUT2D eigenvalue weighted by molar-refractivity contribution is 7.90. The Bertz CT molecular complexity index is 745. The van der Waals surface area contributed by atoms with Gasteiger partial charge in [-0.15, -0.1) is 6.58 Å². The van der Waals surface area contributed by atoms with Crippen LogP contribution in [0.5, 0.6) is 0 Å². The number of aliphatic hydroxyl groups is 1. The number of aliphatic hydroxyl groups excluding tert-OH is 1. The normalized spacial score (nSPS) is 44.1. The Labute approximate surface area is 150 Å². The van der Waals surface area contributed by atoms with Gasteiger partial charge < -0.3 is 5.11 Å². The van der Waals surface area contributed by atoms with Gasteiger partial charge in [0.1, 0.15) is 0 Å². The molecule has 2 spiro atoms. The van der Waals surface area contributed by atoms with E-state index in [2.05, 4.69) is 20.4 Å². The summed E-state index contributed by atoms with van der Waals surface area (Å²) in [6.45, 7) is 9.66. The minimum Gasteiger partial charge on any atom is -0.392 e. The summed E-state index contributed by atoms with van der Waals surface area (Å²) >= 11 is 0. The van der Waals surface area contributed by atoms with E-state index in [9.17, 15) is 18.3 Å². The molecule has 4 aliphatic rings. The number of hydrogen-bond donors (Lipinski definition) is 1. The molecule has 2 unspecified atom stereocenters. The molecule has 0 aromatic heterocycles. The zero-order chi connectivity index (χ0) is 18.4. The van der Waals surface area contributed by atoms with Crippen LogP contribution in [0.3, 0.4) is 0 Å². The first kappa shape index (κ1) is 17.5. The molecule has 1 saturated heterocycles. The van der Waals surface area contributed by atoms with Crippen molar-refractivity contribution in [2.24, 2.45) is 28.1 Å². The number of rotatable bonds is 5. The minimum absolute atomic E-state index is 0.0153. The van der Waals surface area contributed by atoms with Gasteiger partial charge in [0.15, 0.2) is 0 Å². The van der Waals surface area contributed by atoms with Gasteiger partial charge in [-0.3, -0.25) is 4.79 Å². The van der Waals surface area contributed by atoms with E-state index in [1.807, 2.05) is 0 Å². The third kappa shape index (κ3) is 1.69. The predicted octanol–water partition coefficient (Wildman–Crippen LogP) is 2.32. The summed E-state index contributed by atoms with van der Waals surface area (Å²) < 4.78 is 27.1. The number of sulfonamides is 1. The van der Waals surface area contributed by atoms with Crippen molar-refractivity contribution >= 4 is 15.9 Å². The maximum absolute atomic E-state index is 13.1. The van der Waals surface area contributed by atoms with Gasteiger partial charge in [-0.05, 0) is 48.9 Å². The van der Waals surface area contributed by atoms with E-state index in [4.69, 9.17) is 0 Å². The zero-order valence-corrected chi connectivity index (χ0v) is 16.2. The number of allylic oxidation sites excluding steroid dienone is 1. The summed E-state index contributed by atoms with van der Waals surface area (Å²) in [6.07, 6.45) is 4.96. The molecule has 1 N–H and O–H groups in total. The van der Waals surface area contributed by atoms with Gasteiger partial charge in [0, 0.05) is 5.41 Å². The molecular weight excluding hydrogens is 338 g/mol. The number of carbonyl (C=O) groups excluding carboxylic acids is 1. The van der Waals surface area contributed by atoms with Crippen molar-refractivity contribution in [2.45, 2.75) is 65.0 Å². The Hall–Kier alpha value is -0.880. The molecule has 3 saturated carbocycles. The standard InChI is InChI=1S/C19H29NO4S/c1-5-6-7-14(21)12(2)16(22)20-15-10-13-8-9-18(13)17(3,4)19(15,18)11-25(20,23)24/h5,12-15,21H,1,6-11H2,2-4H3/t12-,13?,14-,15+,18?,19-/m1/s1.